The number of ether oxygens (including phenoxy) is 1. The van der Waals surface area contributed by atoms with Crippen LogP contribution in [0.15, 0.2) is 66.7 Å². The number of hydrogen-bond acceptors (Lipinski definition) is 2. The van der Waals surface area contributed by atoms with Crippen molar-refractivity contribution < 1.29 is 4.74 Å². The number of benzene rings is 3. The van der Waals surface area contributed by atoms with Crippen LogP contribution in [-0.4, -0.2) is 31.1 Å². The van der Waals surface area contributed by atoms with Crippen molar-refractivity contribution in [2.75, 3.05) is 26.2 Å². The van der Waals surface area contributed by atoms with Gasteiger partial charge in [0.15, 0.2) is 0 Å². The Morgan fingerprint density at radius 2 is 1.46 bits per heavy atom. The summed E-state index contributed by atoms with van der Waals surface area (Å²) in [5, 5.41) is 2.56. The van der Waals surface area contributed by atoms with E-state index in [9.17, 15) is 0 Å². The molecule has 1 aliphatic rings. The first-order chi connectivity index (χ1) is 11.9. The molecule has 4 rings (SSSR count). The molecule has 0 N–H and O–H groups in total. The average Bonchev–Trinajstić information content (AvgIpc) is 3.15. The highest BCUT2D eigenvalue weighted by Crippen LogP contribution is 2.26. The van der Waals surface area contributed by atoms with E-state index in [1.165, 1.54) is 47.8 Å². The SMILES string of the molecule is c1ccc2cc(-c3ccc(OCCN4CCCC4)cc3)ccc2c1. The molecule has 1 heterocycles. The second-order valence-electron chi connectivity index (χ2n) is 6.48. The quantitative estimate of drug-likeness (QED) is 0.658. The average molecular weight is 317 g/mol. The molecule has 24 heavy (non-hydrogen) atoms. The topological polar surface area (TPSA) is 12.5 Å². The van der Waals surface area contributed by atoms with Gasteiger partial charge in [0.1, 0.15) is 12.4 Å². The summed E-state index contributed by atoms with van der Waals surface area (Å²) in [6.07, 6.45) is 2.67. The molecule has 0 saturated carbocycles. The lowest BCUT2D eigenvalue weighted by Gasteiger charge is -2.15. The molecule has 3 aromatic carbocycles. The molecule has 1 aliphatic heterocycles. The molecule has 0 atom stereocenters. The van der Waals surface area contributed by atoms with Gasteiger partial charge in [0.05, 0.1) is 0 Å². The molecule has 0 amide bonds. The van der Waals surface area contributed by atoms with Crippen molar-refractivity contribution in [3.63, 3.8) is 0 Å². The summed E-state index contributed by atoms with van der Waals surface area (Å²) in [5.74, 6) is 0.957. The molecule has 0 unspecified atom stereocenters. The van der Waals surface area contributed by atoms with Crippen LogP contribution in [0.2, 0.25) is 0 Å². The molecule has 0 aliphatic carbocycles. The van der Waals surface area contributed by atoms with E-state index in [-0.39, 0.29) is 0 Å². The van der Waals surface area contributed by atoms with E-state index in [1.807, 2.05) is 0 Å². The van der Waals surface area contributed by atoms with E-state index in [1.54, 1.807) is 0 Å². The zero-order valence-corrected chi connectivity index (χ0v) is 13.9. The Labute approximate surface area is 143 Å². The third-order valence-corrected chi connectivity index (χ3v) is 4.81. The molecule has 3 aromatic rings. The number of fused-ring (bicyclic) bond motifs is 1. The standard InChI is InChI=1S/C22H23NO/c1-2-6-20-17-21(8-7-18(20)5-1)19-9-11-22(12-10-19)24-16-15-23-13-3-4-14-23/h1-2,5-12,17H,3-4,13-16H2. The van der Waals surface area contributed by atoms with Crippen LogP contribution in [0.1, 0.15) is 12.8 Å². The van der Waals surface area contributed by atoms with Gasteiger partial charge in [-0.3, -0.25) is 4.90 Å². The largest absolute Gasteiger partial charge is 0.492 e. The second-order valence-corrected chi connectivity index (χ2v) is 6.48. The second kappa shape index (κ2) is 7.06. The van der Waals surface area contributed by atoms with Gasteiger partial charge in [-0.1, -0.05) is 48.5 Å². The van der Waals surface area contributed by atoms with Crippen molar-refractivity contribution in [3.8, 4) is 16.9 Å². The van der Waals surface area contributed by atoms with Crippen LogP contribution >= 0.6 is 0 Å². The summed E-state index contributed by atoms with van der Waals surface area (Å²) in [5.41, 5.74) is 2.48. The highest BCUT2D eigenvalue weighted by molar-refractivity contribution is 5.87. The normalized spacial score (nSPS) is 15.0. The van der Waals surface area contributed by atoms with Crippen molar-refractivity contribution in [2.24, 2.45) is 0 Å². The fourth-order valence-electron chi connectivity index (χ4n) is 3.41. The molecule has 0 bridgehead atoms. The molecule has 0 radical (unpaired) electrons. The fourth-order valence-corrected chi connectivity index (χ4v) is 3.41. The third-order valence-electron chi connectivity index (χ3n) is 4.81. The van der Waals surface area contributed by atoms with Gasteiger partial charge >= 0.3 is 0 Å². The summed E-state index contributed by atoms with van der Waals surface area (Å²) in [6, 6.07) is 23.5. The summed E-state index contributed by atoms with van der Waals surface area (Å²) in [6.45, 7) is 4.26. The van der Waals surface area contributed by atoms with Crippen LogP contribution in [0.4, 0.5) is 0 Å². The molecule has 0 aromatic heterocycles. The van der Waals surface area contributed by atoms with Crippen LogP contribution in [0.3, 0.4) is 0 Å². The van der Waals surface area contributed by atoms with E-state index in [0.29, 0.717) is 0 Å². The van der Waals surface area contributed by atoms with Crippen molar-refractivity contribution in [2.45, 2.75) is 12.8 Å². The Hall–Kier alpha value is -2.32. The predicted molar refractivity (Wildman–Crippen MR) is 101 cm³/mol. The lowest BCUT2D eigenvalue weighted by Crippen LogP contribution is -2.25. The highest BCUT2D eigenvalue weighted by Gasteiger charge is 2.10. The number of likely N-dealkylation sites (tertiary alicyclic amines) is 1. The first kappa shape index (κ1) is 15.2. The maximum atomic E-state index is 5.89. The highest BCUT2D eigenvalue weighted by atomic mass is 16.5. The van der Waals surface area contributed by atoms with E-state index in [4.69, 9.17) is 4.74 Å². The maximum absolute atomic E-state index is 5.89. The Morgan fingerprint density at radius 3 is 2.25 bits per heavy atom. The molecular formula is C22H23NO. The molecule has 1 saturated heterocycles. The summed E-state index contributed by atoms with van der Waals surface area (Å²) in [4.78, 5) is 2.48. The van der Waals surface area contributed by atoms with Gasteiger partial charge in [0.25, 0.3) is 0 Å². The predicted octanol–water partition coefficient (Wildman–Crippen LogP) is 4.98. The number of rotatable bonds is 5. The molecule has 2 heteroatoms. The van der Waals surface area contributed by atoms with Gasteiger partial charge in [-0.15, -0.1) is 0 Å². The Balaban J connectivity index is 1.42. The van der Waals surface area contributed by atoms with E-state index in [0.717, 1.165) is 18.9 Å². The Kier molecular flexibility index (Phi) is 4.48. The van der Waals surface area contributed by atoms with Crippen LogP contribution in [-0.2, 0) is 0 Å². The Bertz CT molecular complexity index is 804. The minimum atomic E-state index is 0.773. The van der Waals surface area contributed by atoms with Gasteiger partial charge < -0.3 is 4.74 Å². The van der Waals surface area contributed by atoms with Gasteiger partial charge in [0, 0.05) is 6.54 Å². The van der Waals surface area contributed by atoms with Gasteiger partial charge in [-0.05, 0) is 66.0 Å². The third kappa shape index (κ3) is 3.44. The smallest absolute Gasteiger partial charge is 0.119 e. The first-order valence-corrected chi connectivity index (χ1v) is 8.83. The molecule has 1 fully saturated rings. The molecule has 122 valence electrons. The van der Waals surface area contributed by atoms with Crippen LogP contribution in [0.25, 0.3) is 21.9 Å². The van der Waals surface area contributed by atoms with E-state index in [2.05, 4.69) is 71.6 Å². The monoisotopic (exact) mass is 317 g/mol. The fraction of sp³-hybridized carbons (Fsp3) is 0.273. The zero-order valence-electron chi connectivity index (χ0n) is 13.9. The number of nitrogens with zero attached hydrogens (tertiary/aromatic N) is 1. The van der Waals surface area contributed by atoms with Crippen LogP contribution < -0.4 is 4.74 Å². The van der Waals surface area contributed by atoms with Crippen molar-refractivity contribution in [1.82, 2.24) is 4.90 Å². The lowest BCUT2D eigenvalue weighted by molar-refractivity contribution is 0.238. The maximum Gasteiger partial charge on any atom is 0.119 e. The summed E-state index contributed by atoms with van der Waals surface area (Å²) in [7, 11) is 0. The van der Waals surface area contributed by atoms with Gasteiger partial charge in [-0.2, -0.15) is 0 Å². The molecule has 2 nitrogen and oxygen atoms in total. The summed E-state index contributed by atoms with van der Waals surface area (Å²) >= 11 is 0. The minimum Gasteiger partial charge on any atom is -0.492 e. The van der Waals surface area contributed by atoms with E-state index < -0.39 is 0 Å². The summed E-state index contributed by atoms with van der Waals surface area (Å²) < 4.78 is 5.89. The molecular weight excluding hydrogens is 294 g/mol. The van der Waals surface area contributed by atoms with Crippen molar-refractivity contribution >= 4 is 10.8 Å². The minimum absolute atomic E-state index is 0.773. The van der Waals surface area contributed by atoms with Crippen LogP contribution in [0, 0.1) is 0 Å². The van der Waals surface area contributed by atoms with Crippen molar-refractivity contribution in [3.05, 3.63) is 66.7 Å². The first-order valence-electron chi connectivity index (χ1n) is 8.83. The van der Waals surface area contributed by atoms with E-state index >= 15 is 0 Å². The number of hydrogen-bond donors (Lipinski definition) is 0. The lowest BCUT2D eigenvalue weighted by atomic mass is 10.0. The van der Waals surface area contributed by atoms with Gasteiger partial charge in [-0.25, -0.2) is 0 Å². The van der Waals surface area contributed by atoms with Crippen LogP contribution in [0.5, 0.6) is 5.75 Å². The van der Waals surface area contributed by atoms with Gasteiger partial charge in [0.2, 0.25) is 0 Å². The molecule has 0 spiro atoms. The zero-order chi connectivity index (χ0) is 16.2. The van der Waals surface area contributed by atoms with Crippen molar-refractivity contribution in [1.29, 1.82) is 0 Å². The Morgan fingerprint density at radius 1 is 0.750 bits per heavy atom.